The molecule has 0 saturated heterocycles. The van der Waals surface area contributed by atoms with Gasteiger partial charge in [-0.15, -0.1) is 0 Å². The van der Waals surface area contributed by atoms with Gasteiger partial charge in [-0.05, 0) is 18.6 Å². The second kappa shape index (κ2) is 4.70. The van der Waals surface area contributed by atoms with Gasteiger partial charge in [0.15, 0.2) is 0 Å². The predicted octanol–water partition coefficient (Wildman–Crippen LogP) is 2.25. The molecule has 0 aromatic carbocycles. The lowest BCUT2D eigenvalue weighted by atomic mass is 10.2. The molecule has 0 amide bonds. The van der Waals surface area contributed by atoms with Gasteiger partial charge in [0.1, 0.15) is 17.9 Å². The van der Waals surface area contributed by atoms with Crippen molar-refractivity contribution in [3.63, 3.8) is 0 Å². The fraction of sp³-hybridized carbons (Fsp3) is 0.500. The Bertz CT molecular complexity index is 275. The molecule has 1 heterocycles. The van der Waals surface area contributed by atoms with Crippen molar-refractivity contribution in [2.75, 3.05) is 0 Å². The number of unbranched alkanes of at least 4 members (excludes halogenated alkanes) is 1. The smallest absolute Gasteiger partial charge is 0.311 e. The van der Waals surface area contributed by atoms with Crippen LogP contribution in [0, 0.1) is 0 Å². The summed E-state index contributed by atoms with van der Waals surface area (Å²) in [6, 6.07) is 3.59. The van der Waals surface area contributed by atoms with Crippen LogP contribution in [0.2, 0.25) is 0 Å². The van der Waals surface area contributed by atoms with Gasteiger partial charge in [-0.2, -0.15) is 0 Å². The van der Waals surface area contributed by atoms with E-state index in [9.17, 15) is 4.79 Å². The Kier molecular flexibility index (Phi) is 3.55. The van der Waals surface area contributed by atoms with Crippen molar-refractivity contribution in [3.05, 3.63) is 23.7 Å². The van der Waals surface area contributed by atoms with Crippen molar-refractivity contribution >= 4 is 5.97 Å². The number of furan rings is 1. The van der Waals surface area contributed by atoms with Crippen molar-refractivity contribution in [2.45, 2.75) is 32.6 Å². The number of hydrogen-bond acceptors (Lipinski definition) is 2. The van der Waals surface area contributed by atoms with E-state index in [1.807, 2.05) is 6.07 Å². The Balaban J connectivity index is 2.48. The van der Waals surface area contributed by atoms with Gasteiger partial charge in [-0.3, -0.25) is 4.79 Å². The number of carboxylic acids is 1. The molecular weight excluding hydrogens is 168 g/mol. The molecule has 0 radical (unpaired) electrons. The Labute approximate surface area is 77.4 Å². The molecule has 0 atom stereocenters. The number of carboxylic acid groups (broad SMARTS) is 1. The highest BCUT2D eigenvalue weighted by Crippen LogP contribution is 2.11. The average molecular weight is 182 g/mol. The Morgan fingerprint density at radius 1 is 1.46 bits per heavy atom. The van der Waals surface area contributed by atoms with Crippen LogP contribution in [0.3, 0.4) is 0 Å². The molecule has 0 bridgehead atoms. The topological polar surface area (TPSA) is 50.4 Å². The summed E-state index contributed by atoms with van der Waals surface area (Å²) in [6.07, 6.45) is 3.08. The van der Waals surface area contributed by atoms with Crippen molar-refractivity contribution in [3.8, 4) is 0 Å². The third-order valence-electron chi connectivity index (χ3n) is 1.82. The molecule has 1 N–H and O–H groups in total. The molecule has 0 unspecified atom stereocenters. The van der Waals surface area contributed by atoms with Gasteiger partial charge in [0.05, 0.1) is 0 Å². The lowest BCUT2D eigenvalue weighted by Crippen LogP contribution is -1.98. The fourth-order valence-electron chi connectivity index (χ4n) is 1.15. The first-order chi connectivity index (χ1) is 6.22. The predicted molar refractivity (Wildman–Crippen MR) is 48.7 cm³/mol. The number of hydrogen-bond donors (Lipinski definition) is 1. The van der Waals surface area contributed by atoms with Crippen LogP contribution in [0.25, 0.3) is 0 Å². The van der Waals surface area contributed by atoms with Crippen LogP contribution in [-0.2, 0) is 17.6 Å². The standard InChI is InChI=1S/C10H14O3/c1-2-3-4-8-5-6-9(13-8)7-10(11)12/h5-6H,2-4,7H2,1H3,(H,11,12). The molecule has 1 aromatic heterocycles. The molecule has 1 aromatic rings. The molecule has 0 aliphatic rings. The molecular formula is C10H14O3. The maximum absolute atomic E-state index is 10.3. The van der Waals surface area contributed by atoms with Crippen LogP contribution in [0.4, 0.5) is 0 Å². The fourth-order valence-corrected chi connectivity index (χ4v) is 1.15. The number of aliphatic carboxylic acids is 1. The largest absolute Gasteiger partial charge is 0.481 e. The summed E-state index contributed by atoms with van der Waals surface area (Å²) in [5.41, 5.74) is 0. The average Bonchev–Trinajstić information content (AvgIpc) is 2.48. The summed E-state index contributed by atoms with van der Waals surface area (Å²) < 4.78 is 5.32. The summed E-state index contributed by atoms with van der Waals surface area (Å²) in [7, 11) is 0. The number of carbonyl (C=O) groups is 1. The lowest BCUT2D eigenvalue weighted by Gasteiger charge is -1.93. The first-order valence-electron chi connectivity index (χ1n) is 4.51. The first-order valence-corrected chi connectivity index (χ1v) is 4.51. The minimum atomic E-state index is -0.851. The normalized spacial score (nSPS) is 10.2. The van der Waals surface area contributed by atoms with Crippen molar-refractivity contribution in [2.24, 2.45) is 0 Å². The molecule has 0 saturated carbocycles. The quantitative estimate of drug-likeness (QED) is 0.759. The van der Waals surface area contributed by atoms with Gasteiger partial charge in [0.2, 0.25) is 0 Å². The molecule has 72 valence electrons. The van der Waals surface area contributed by atoms with Gasteiger partial charge >= 0.3 is 5.97 Å². The summed E-state index contributed by atoms with van der Waals surface area (Å²) >= 11 is 0. The Morgan fingerprint density at radius 3 is 2.77 bits per heavy atom. The van der Waals surface area contributed by atoms with Crippen molar-refractivity contribution < 1.29 is 14.3 Å². The number of rotatable bonds is 5. The zero-order chi connectivity index (χ0) is 9.68. The third-order valence-corrected chi connectivity index (χ3v) is 1.82. The van der Waals surface area contributed by atoms with Crippen LogP contribution >= 0.6 is 0 Å². The molecule has 0 fully saturated rings. The Morgan fingerprint density at radius 2 is 2.15 bits per heavy atom. The highest BCUT2D eigenvalue weighted by Gasteiger charge is 2.05. The summed E-state index contributed by atoms with van der Waals surface area (Å²) in [5.74, 6) is 0.577. The van der Waals surface area contributed by atoms with Gasteiger partial charge in [-0.1, -0.05) is 13.3 Å². The SMILES string of the molecule is CCCCc1ccc(CC(=O)O)o1. The Hall–Kier alpha value is -1.25. The highest BCUT2D eigenvalue weighted by atomic mass is 16.4. The van der Waals surface area contributed by atoms with E-state index in [1.165, 1.54) is 0 Å². The summed E-state index contributed by atoms with van der Waals surface area (Å²) in [4.78, 5) is 10.3. The van der Waals surface area contributed by atoms with Crippen LogP contribution in [0.5, 0.6) is 0 Å². The molecule has 0 aliphatic carbocycles. The first kappa shape index (κ1) is 9.84. The van der Waals surface area contributed by atoms with Crippen molar-refractivity contribution in [1.82, 2.24) is 0 Å². The lowest BCUT2D eigenvalue weighted by molar-refractivity contribution is -0.136. The third kappa shape index (κ3) is 3.32. The van der Waals surface area contributed by atoms with Crippen LogP contribution in [0.15, 0.2) is 16.5 Å². The van der Waals surface area contributed by atoms with Gasteiger partial charge in [0, 0.05) is 6.42 Å². The van der Waals surface area contributed by atoms with Gasteiger partial charge in [-0.25, -0.2) is 0 Å². The zero-order valence-corrected chi connectivity index (χ0v) is 7.75. The molecule has 3 heteroatoms. The van der Waals surface area contributed by atoms with Crippen LogP contribution in [-0.4, -0.2) is 11.1 Å². The van der Waals surface area contributed by atoms with E-state index in [4.69, 9.17) is 9.52 Å². The van der Waals surface area contributed by atoms with Gasteiger partial charge in [0.25, 0.3) is 0 Å². The minimum Gasteiger partial charge on any atom is -0.481 e. The van der Waals surface area contributed by atoms with Gasteiger partial charge < -0.3 is 9.52 Å². The maximum Gasteiger partial charge on any atom is 0.311 e. The number of aryl methyl sites for hydroxylation is 1. The monoisotopic (exact) mass is 182 g/mol. The second-order valence-corrected chi connectivity index (χ2v) is 3.04. The molecule has 0 aliphatic heterocycles. The summed E-state index contributed by atoms with van der Waals surface area (Å²) in [6.45, 7) is 2.11. The van der Waals surface area contributed by atoms with E-state index < -0.39 is 5.97 Å². The van der Waals surface area contributed by atoms with Crippen LogP contribution < -0.4 is 0 Å². The molecule has 0 spiro atoms. The van der Waals surface area contributed by atoms with Crippen molar-refractivity contribution in [1.29, 1.82) is 0 Å². The van der Waals surface area contributed by atoms with Crippen LogP contribution in [0.1, 0.15) is 31.3 Å². The van der Waals surface area contributed by atoms with E-state index in [2.05, 4.69) is 6.92 Å². The van der Waals surface area contributed by atoms with E-state index in [-0.39, 0.29) is 6.42 Å². The van der Waals surface area contributed by atoms with E-state index >= 15 is 0 Å². The van der Waals surface area contributed by atoms with E-state index in [0.717, 1.165) is 25.0 Å². The highest BCUT2D eigenvalue weighted by molar-refractivity contribution is 5.69. The van der Waals surface area contributed by atoms with E-state index in [1.54, 1.807) is 6.07 Å². The maximum atomic E-state index is 10.3. The minimum absolute atomic E-state index is 0.0217. The molecule has 3 nitrogen and oxygen atoms in total. The summed E-state index contributed by atoms with van der Waals surface area (Å²) in [5, 5.41) is 8.49. The van der Waals surface area contributed by atoms with E-state index in [0.29, 0.717) is 5.76 Å². The molecule has 13 heavy (non-hydrogen) atoms. The zero-order valence-electron chi connectivity index (χ0n) is 7.75. The second-order valence-electron chi connectivity index (χ2n) is 3.04. The molecule has 1 rings (SSSR count).